The van der Waals surface area contributed by atoms with Crippen molar-refractivity contribution in [3.63, 3.8) is 0 Å². The van der Waals surface area contributed by atoms with Crippen LogP contribution in [0.4, 0.5) is 0 Å². The first-order chi connectivity index (χ1) is 10.6. The molecule has 1 aliphatic carbocycles. The first-order valence-corrected chi connectivity index (χ1v) is 8.81. The fourth-order valence-corrected chi connectivity index (χ4v) is 4.54. The Balaban J connectivity index is 1.77. The number of hydrogen-bond donors (Lipinski definition) is 2. The van der Waals surface area contributed by atoms with Crippen LogP contribution >= 0.6 is 22.7 Å². The second-order valence-corrected chi connectivity index (χ2v) is 7.31. The number of nitrogens with one attached hydrogen (secondary N) is 1. The summed E-state index contributed by atoms with van der Waals surface area (Å²) in [6.07, 6.45) is 2.19. The van der Waals surface area contributed by atoms with E-state index in [4.69, 9.17) is 0 Å². The van der Waals surface area contributed by atoms with E-state index in [1.165, 1.54) is 11.3 Å². The maximum atomic E-state index is 12.4. The minimum Gasteiger partial charge on any atom is -0.481 e. The maximum Gasteiger partial charge on any atom is 0.308 e. The van der Waals surface area contributed by atoms with Crippen molar-refractivity contribution in [3.8, 4) is 9.88 Å². The number of aliphatic carboxylic acids is 1. The van der Waals surface area contributed by atoms with Gasteiger partial charge < -0.3 is 10.4 Å². The molecule has 0 aliphatic heterocycles. The molecule has 1 saturated carbocycles. The lowest BCUT2D eigenvalue weighted by atomic mass is 10.0. The third-order valence-electron chi connectivity index (χ3n) is 3.88. The Morgan fingerprint density at radius 3 is 2.91 bits per heavy atom. The van der Waals surface area contributed by atoms with E-state index in [2.05, 4.69) is 10.3 Å². The SMILES string of the molecule is Cc1nc(-c2cccs2)sc1C(=O)N[C@@H]1CCC[C@@H]1C(=O)O. The van der Waals surface area contributed by atoms with Gasteiger partial charge in [0.25, 0.3) is 5.91 Å². The molecule has 0 unspecified atom stereocenters. The number of thiophene rings is 1. The molecule has 3 rings (SSSR count). The van der Waals surface area contributed by atoms with Crippen molar-refractivity contribution in [2.75, 3.05) is 0 Å². The van der Waals surface area contributed by atoms with Gasteiger partial charge in [0.15, 0.2) is 0 Å². The van der Waals surface area contributed by atoms with Gasteiger partial charge in [-0.1, -0.05) is 12.5 Å². The Kier molecular flexibility index (Phi) is 4.26. The van der Waals surface area contributed by atoms with Crippen molar-refractivity contribution in [3.05, 3.63) is 28.1 Å². The number of amides is 1. The van der Waals surface area contributed by atoms with E-state index >= 15 is 0 Å². The third kappa shape index (κ3) is 2.91. The number of rotatable bonds is 4. The van der Waals surface area contributed by atoms with Crippen molar-refractivity contribution in [1.82, 2.24) is 10.3 Å². The van der Waals surface area contributed by atoms with Crippen molar-refractivity contribution in [2.24, 2.45) is 5.92 Å². The Morgan fingerprint density at radius 2 is 2.23 bits per heavy atom. The monoisotopic (exact) mass is 336 g/mol. The summed E-state index contributed by atoms with van der Waals surface area (Å²) < 4.78 is 0. The number of hydrogen-bond acceptors (Lipinski definition) is 5. The maximum absolute atomic E-state index is 12.4. The van der Waals surface area contributed by atoms with Crippen molar-refractivity contribution in [1.29, 1.82) is 0 Å². The first kappa shape index (κ1) is 15.2. The molecule has 2 atom stereocenters. The number of aromatic nitrogens is 1. The van der Waals surface area contributed by atoms with Crippen LogP contribution in [0.15, 0.2) is 17.5 Å². The van der Waals surface area contributed by atoms with E-state index in [9.17, 15) is 14.7 Å². The van der Waals surface area contributed by atoms with Gasteiger partial charge in [0.1, 0.15) is 9.88 Å². The van der Waals surface area contributed by atoms with Crippen molar-refractivity contribution >= 4 is 34.6 Å². The lowest BCUT2D eigenvalue weighted by Crippen LogP contribution is -2.40. The first-order valence-electron chi connectivity index (χ1n) is 7.11. The molecule has 1 aliphatic rings. The zero-order valence-corrected chi connectivity index (χ0v) is 13.7. The minimum atomic E-state index is -0.830. The molecule has 0 aromatic carbocycles. The second-order valence-electron chi connectivity index (χ2n) is 5.37. The molecule has 0 radical (unpaired) electrons. The highest BCUT2D eigenvalue weighted by Gasteiger charge is 2.34. The molecule has 2 N–H and O–H groups in total. The van der Waals surface area contributed by atoms with E-state index < -0.39 is 11.9 Å². The van der Waals surface area contributed by atoms with E-state index in [0.717, 1.165) is 22.7 Å². The van der Waals surface area contributed by atoms with Crippen LogP contribution in [0, 0.1) is 12.8 Å². The summed E-state index contributed by atoms with van der Waals surface area (Å²) in [6, 6.07) is 3.64. The van der Waals surface area contributed by atoms with E-state index in [1.54, 1.807) is 11.3 Å². The smallest absolute Gasteiger partial charge is 0.308 e. The summed E-state index contributed by atoms with van der Waals surface area (Å²) in [5.74, 6) is -1.52. The minimum absolute atomic E-state index is 0.212. The summed E-state index contributed by atoms with van der Waals surface area (Å²) in [4.78, 5) is 29.7. The molecule has 116 valence electrons. The van der Waals surface area contributed by atoms with Gasteiger partial charge in [-0.15, -0.1) is 22.7 Å². The highest BCUT2D eigenvalue weighted by Crippen LogP contribution is 2.32. The van der Waals surface area contributed by atoms with Gasteiger partial charge >= 0.3 is 5.97 Å². The number of carboxylic acid groups (broad SMARTS) is 1. The highest BCUT2D eigenvalue weighted by molar-refractivity contribution is 7.22. The van der Waals surface area contributed by atoms with Gasteiger partial charge in [-0.2, -0.15) is 0 Å². The summed E-state index contributed by atoms with van der Waals surface area (Å²) >= 11 is 2.94. The largest absolute Gasteiger partial charge is 0.481 e. The number of carboxylic acids is 1. The number of carbonyl (C=O) groups excluding carboxylic acids is 1. The van der Waals surface area contributed by atoms with Crippen LogP contribution in [0.5, 0.6) is 0 Å². The number of nitrogens with zero attached hydrogens (tertiary/aromatic N) is 1. The zero-order chi connectivity index (χ0) is 15.7. The second kappa shape index (κ2) is 6.18. The van der Waals surface area contributed by atoms with Crippen molar-refractivity contribution in [2.45, 2.75) is 32.2 Å². The molecule has 5 nitrogen and oxygen atoms in total. The van der Waals surface area contributed by atoms with Gasteiger partial charge in [-0.3, -0.25) is 9.59 Å². The average Bonchev–Trinajstić information content (AvgIpc) is 3.16. The molecule has 1 amide bonds. The Bertz CT molecular complexity index is 694. The van der Waals surface area contributed by atoms with Crippen LogP contribution in [0.25, 0.3) is 9.88 Å². The molecule has 0 bridgehead atoms. The fraction of sp³-hybridized carbons (Fsp3) is 0.400. The molecular formula is C15H16N2O3S2. The van der Waals surface area contributed by atoms with E-state index in [1.807, 2.05) is 24.4 Å². The standard InChI is InChI=1S/C15H16N2O3S2/c1-8-12(22-14(16-8)11-6-3-7-21-11)13(18)17-10-5-2-4-9(10)15(19)20/h3,6-7,9-10H,2,4-5H2,1H3,(H,17,18)(H,19,20)/t9-,10+/m0/s1. The number of carbonyl (C=O) groups is 2. The van der Waals surface area contributed by atoms with Gasteiger partial charge in [0.2, 0.25) is 0 Å². The van der Waals surface area contributed by atoms with E-state index in [0.29, 0.717) is 17.0 Å². The molecule has 7 heteroatoms. The highest BCUT2D eigenvalue weighted by atomic mass is 32.1. The van der Waals surface area contributed by atoms with E-state index in [-0.39, 0.29) is 11.9 Å². The molecule has 0 spiro atoms. The Morgan fingerprint density at radius 1 is 1.41 bits per heavy atom. The van der Waals surface area contributed by atoms with Gasteiger partial charge in [-0.25, -0.2) is 4.98 Å². The third-order valence-corrected chi connectivity index (χ3v) is 6.08. The molecule has 2 aromatic heterocycles. The quantitative estimate of drug-likeness (QED) is 0.899. The summed E-state index contributed by atoms with van der Waals surface area (Å²) in [5.41, 5.74) is 0.691. The van der Waals surface area contributed by atoms with Gasteiger partial charge in [-0.05, 0) is 31.2 Å². The van der Waals surface area contributed by atoms with Crippen LogP contribution in [-0.4, -0.2) is 28.0 Å². The van der Waals surface area contributed by atoms with Crippen LogP contribution in [0.2, 0.25) is 0 Å². The van der Waals surface area contributed by atoms with Gasteiger partial charge in [0.05, 0.1) is 16.5 Å². The van der Waals surface area contributed by atoms with Crippen LogP contribution < -0.4 is 5.32 Å². The van der Waals surface area contributed by atoms with Crippen LogP contribution in [0.1, 0.15) is 34.6 Å². The molecule has 1 fully saturated rings. The Labute approximate surface area is 136 Å². The summed E-state index contributed by atoms with van der Waals surface area (Å²) in [5, 5.41) is 14.9. The molecular weight excluding hydrogens is 320 g/mol. The average molecular weight is 336 g/mol. The Hall–Kier alpha value is -1.73. The van der Waals surface area contributed by atoms with Crippen LogP contribution in [0.3, 0.4) is 0 Å². The predicted octanol–water partition coefficient (Wildman–Crippen LogP) is 3.16. The van der Waals surface area contributed by atoms with Crippen molar-refractivity contribution < 1.29 is 14.7 Å². The van der Waals surface area contributed by atoms with Gasteiger partial charge in [0, 0.05) is 6.04 Å². The molecule has 22 heavy (non-hydrogen) atoms. The number of aryl methyl sites for hydroxylation is 1. The lowest BCUT2D eigenvalue weighted by Gasteiger charge is -2.17. The fourth-order valence-electron chi connectivity index (χ4n) is 2.78. The predicted molar refractivity (Wildman–Crippen MR) is 86.4 cm³/mol. The normalized spacial score (nSPS) is 21.0. The topological polar surface area (TPSA) is 79.3 Å². The molecule has 2 aromatic rings. The molecule has 0 saturated heterocycles. The lowest BCUT2D eigenvalue weighted by molar-refractivity contribution is -0.142. The number of thiazole rings is 1. The summed E-state index contributed by atoms with van der Waals surface area (Å²) in [7, 11) is 0. The van der Waals surface area contributed by atoms with Crippen LogP contribution in [-0.2, 0) is 4.79 Å². The zero-order valence-electron chi connectivity index (χ0n) is 12.0. The molecule has 2 heterocycles. The summed E-state index contributed by atoms with van der Waals surface area (Å²) in [6.45, 7) is 1.81.